The SMILES string of the molecule is CCOC(=O)c1c(C)oc2ncn(CC(=O)N3CCC(C)CC3)c(=O)c12. The number of nitrogens with zero attached hydrogens (tertiary/aromatic N) is 3. The molecule has 1 fully saturated rings. The highest BCUT2D eigenvalue weighted by Crippen LogP contribution is 2.22. The first-order chi connectivity index (χ1) is 12.4. The second-order valence-corrected chi connectivity index (χ2v) is 6.67. The van der Waals surface area contributed by atoms with E-state index in [-0.39, 0.29) is 41.5 Å². The van der Waals surface area contributed by atoms with Gasteiger partial charge in [-0.3, -0.25) is 14.2 Å². The fraction of sp³-hybridized carbons (Fsp3) is 0.556. The number of aryl methyl sites for hydroxylation is 1. The molecule has 0 saturated carbocycles. The summed E-state index contributed by atoms with van der Waals surface area (Å²) in [6.07, 6.45) is 3.21. The number of carbonyl (C=O) groups is 2. The average Bonchev–Trinajstić information content (AvgIpc) is 2.95. The molecule has 1 saturated heterocycles. The lowest BCUT2D eigenvalue weighted by Gasteiger charge is -2.30. The Morgan fingerprint density at radius 1 is 1.35 bits per heavy atom. The summed E-state index contributed by atoms with van der Waals surface area (Å²) in [5, 5.41) is 0.0588. The number of rotatable bonds is 4. The summed E-state index contributed by atoms with van der Waals surface area (Å²) in [6, 6.07) is 0. The van der Waals surface area contributed by atoms with Crippen molar-refractivity contribution >= 4 is 23.0 Å². The van der Waals surface area contributed by atoms with Crippen LogP contribution >= 0.6 is 0 Å². The Balaban J connectivity index is 1.91. The third-order valence-electron chi connectivity index (χ3n) is 4.78. The maximum atomic E-state index is 12.8. The van der Waals surface area contributed by atoms with Gasteiger partial charge in [-0.2, -0.15) is 0 Å². The van der Waals surface area contributed by atoms with Gasteiger partial charge < -0.3 is 14.1 Å². The number of esters is 1. The van der Waals surface area contributed by atoms with E-state index in [0.29, 0.717) is 19.0 Å². The molecule has 0 N–H and O–H groups in total. The summed E-state index contributed by atoms with van der Waals surface area (Å²) in [7, 11) is 0. The Bertz CT molecular complexity index is 890. The Morgan fingerprint density at radius 3 is 2.69 bits per heavy atom. The standard InChI is InChI=1S/C18H23N3O5/c1-4-25-18(24)14-12(3)26-16-15(14)17(23)21(10-19-16)9-13(22)20-7-5-11(2)6-8-20/h10-11H,4-9H2,1-3H3. The zero-order chi connectivity index (χ0) is 18.8. The minimum Gasteiger partial charge on any atom is -0.462 e. The maximum Gasteiger partial charge on any atom is 0.342 e. The van der Waals surface area contributed by atoms with Crippen LogP contribution in [0.3, 0.4) is 0 Å². The summed E-state index contributed by atoms with van der Waals surface area (Å²) in [5.41, 5.74) is -0.326. The summed E-state index contributed by atoms with van der Waals surface area (Å²) in [6.45, 7) is 6.91. The molecule has 26 heavy (non-hydrogen) atoms. The third-order valence-corrected chi connectivity index (χ3v) is 4.78. The molecule has 2 aromatic heterocycles. The van der Waals surface area contributed by atoms with Crippen LogP contribution in [0.5, 0.6) is 0 Å². The van der Waals surface area contributed by atoms with E-state index in [9.17, 15) is 14.4 Å². The van der Waals surface area contributed by atoms with E-state index in [4.69, 9.17) is 9.15 Å². The van der Waals surface area contributed by atoms with E-state index in [1.807, 2.05) is 0 Å². The van der Waals surface area contributed by atoms with Crippen molar-refractivity contribution in [3.63, 3.8) is 0 Å². The van der Waals surface area contributed by atoms with Gasteiger partial charge in [-0.25, -0.2) is 9.78 Å². The summed E-state index contributed by atoms with van der Waals surface area (Å²) in [5.74, 6) is 0.132. The van der Waals surface area contributed by atoms with Gasteiger partial charge in [0, 0.05) is 13.1 Å². The first-order valence-corrected chi connectivity index (χ1v) is 8.85. The van der Waals surface area contributed by atoms with Gasteiger partial charge in [0.25, 0.3) is 5.56 Å². The highest BCUT2D eigenvalue weighted by Gasteiger charge is 2.25. The number of fused-ring (bicyclic) bond motifs is 1. The summed E-state index contributed by atoms with van der Waals surface area (Å²) < 4.78 is 11.6. The van der Waals surface area contributed by atoms with E-state index in [2.05, 4.69) is 11.9 Å². The van der Waals surface area contributed by atoms with Gasteiger partial charge in [-0.15, -0.1) is 0 Å². The van der Waals surface area contributed by atoms with Crippen LogP contribution in [0.1, 0.15) is 42.8 Å². The molecular formula is C18H23N3O5. The van der Waals surface area contributed by atoms with Crippen LogP contribution in [-0.4, -0.2) is 46.0 Å². The normalized spacial score (nSPS) is 15.4. The van der Waals surface area contributed by atoms with E-state index >= 15 is 0 Å². The van der Waals surface area contributed by atoms with Gasteiger partial charge in [0.05, 0.1) is 6.61 Å². The topological polar surface area (TPSA) is 94.6 Å². The zero-order valence-electron chi connectivity index (χ0n) is 15.3. The predicted molar refractivity (Wildman–Crippen MR) is 93.9 cm³/mol. The van der Waals surface area contributed by atoms with E-state index in [1.165, 1.54) is 10.9 Å². The second-order valence-electron chi connectivity index (χ2n) is 6.67. The van der Waals surface area contributed by atoms with Crippen molar-refractivity contribution in [3.05, 3.63) is 28.0 Å². The molecule has 8 nitrogen and oxygen atoms in total. The van der Waals surface area contributed by atoms with Crippen LogP contribution < -0.4 is 5.56 Å². The van der Waals surface area contributed by atoms with Crippen LogP contribution in [0.15, 0.2) is 15.5 Å². The molecule has 1 aliphatic rings. The minimum absolute atomic E-state index is 0.0588. The summed E-state index contributed by atoms with van der Waals surface area (Å²) in [4.78, 5) is 43.4. The first kappa shape index (κ1) is 18.2. The molecule has 0 radical (unpaired) electrons. The number of furan rings is 1. The maximum absolute atomic E-state index is 12.8. The van der Waals surface area contributed by atoms with Crippen LogP contribution in [0.4, 0.5) is 0 Å². The lowest BCUT2D eigenvalue weighted by Crippen LogP contribution is -2.41. The number of amides is 1. The number of likely N-dealkylation sites (tertiary alicyclic amines) is 1. The van der Waals surface area contributed by atoms with Crippen molar-refractivity contribution in [2.24, 2.45) is 5.92 Å². The van der Waals surface area contributed by atoms with Crippen LogP contribution in [0.25, 0.3) is 11.1 Å². The fourth-order valence-electron chi connectivity index (χ4n) is 3.20. The van der Waals surface area contributed by atoms with E-state index < -0.39 is 11.5 Å². The van der Waals surface area contributed by atoms with Crippen molar-refractivity contribution in [3.8, 4) is 0 Å². The van der Waals surface area contributed by atoms with Crippen molar-refractivity contribution in [2.45, 2.75) is 40.2 Å². The number of aromatic nitrogens is 2. The Kier molecular flexibility index (Phi) is 5.11. The number of ether oxygens (including phenoxy) is 1. The monoisotopic (exact) mass is 361 g/mol. The minimum atomic E-state index is -0.628. The largest absolute Gasteiger partial charge is 0.462 e. The average molecular weight is 361 g/mol. The molecule has 0 bridgehead atoms. The Hall–Kier alpha value is -2.64. The van der Waals surface area contributed by atoms with Crippen molar-refractivity contribution in [2.75, 3.05) is 19.7 Å². The van der Waals surface area contributed by atoms with Crippen LogP contribution in [0.2, 0.25) is 0 Å². The van der Waals surface area contributed by atoms with Gasteiger partial charge in [-0.05, 0) is 32.6 Å². The van der Waals surface area contributed by atoms with Gasteiger partial charge in [0.1, 0.15) is 29.6 Å². The Morgan fingerprint density at radius 2 is 2.04 bits per heavy atom. The lowest BCUT2D eigenvalue weighted by atomic mass is 9.99. The van der Waals surface area contributed by atoms with Gasteiger partial charge in [-0.1, -0.05) is 6.92 Å². The predicted octanol–water partition coefficient (Wildman–Crippen LogP) is 1.73. The quantitative estimate of drug-likeness (QED) is 0.770. The number of carbonyl (C=O) groups excluding carboxylic acids is 2. The van der Waals surface area contributed by atoms with Crippen LogP contribution in [-0.2, 0) is 16.1 Å². The zero-order valence-corrected chi connectivity index (χ0v) is 15.3. The molecule has 1 amide bonds. The summed E-state index contributed by atoms with van der Waals surface area (Å²) >= 11 is 0. The van der Waals surface area contributed by atoms with Crippen molar-refractivity contribution in [1.29, 1.82) is 0 Å². The first-order valence-electron chi connectivity index (χ1n) is 8.85. The number of piperidine rings is 1. The second kappa shape index (κ2) is 7.31. The smallest absolute Gasteiger partial charge is 0.342 e. The molecule has 140 valence electrons. The molecule has 0 aromatic carbocycles. The lowest BCUT2D eigenvalue weighted by molar-refractivity contribution is -0.133. The Labute approximate surface area is 150 Å². The number of hydrogen-bond acceptors (Lipinski definition) is 6. The molecule has 3 heterocycles. The van der Waals surface area contributed by atoms with Crippen molar-refractivity contribution in [1.82, 2.24) is 14.5 Å². The molecular weight excluding hydrogens is 338 g/mol. The van der Waals surface area contributed by atoms with E-state index in [0.717, 1.165) is 12.8 Å². The molecule has 0 spiro atoms. The molecule has 3 rings (SSSR count). The molecule has 0 aliphatic carbocycles. The van der Waals surface area contributed by atoms with Gasteiger partial charge in [0.2, 0.25) is 11.6 Å². The third kappa shape index (κ3) is 3.36. The number of hydrogen-bond donors (Lipinski definition) is 0. The molecule has 1 aliphatic heterocycles. The molecule has 8 heteroatoms. The highest BCUT2D eigenvalue weighted by molar-refractivity contribution is 6.03. The highest BCUT2D eigenvalue weighted by atomic mass is 16.5. The molecule has 0 atom stereocenters. The van der Waals surface area contributed by atoms with Crippen LogP contribution in [0, 0.1) is 12.8 Å². The van der Waals surface area contributed by atoms with Gasteiger partial charge >= 0.3 is 5.97 Å². The molecule has 2 aromatic rings. The van der Waals surface area contributed by atoms with Gasteiger partial charge in [0.15, 0.2) is 0 Å². The molecule has 0 unspecified atom stereocenters. The fourth-order valence-corrected chi connectivity index (χ4v) is 3.20. The van der Waals surface area contributed by atoms with E-state index in [1.54, 1.807) is 18.7 Å². The van der Waals surface area contributed by atoms with Crippen molar-refractivity contribution < 1.29 is 18.7 Å².